The second-order valence-corrected chi connectivity index (χ2v) is 7.55. The molecule has 1 aromatic carbocycles. The van der Waals surface area contributed by atoms with Crippen molar-refractivity contribution in [2.24, 2.45) is 16.5 Å². The number of aliphatic imine (C=N–C) groups is 1. The molecule has 188 valence electrons. The van der Waals surface area contributed by atoms with Crippen LogP contribution in [0.2, 0.25) is 0 Å². The molecule has 1 fully saturated rings. The van der Waals surface area contributed by atoms with Gasteiger partial charge in [0, 0.05) is 38.2 Å². The second-order valence-electron chi connectivity index (χ2n) is 7.55. The molecule has 0 aromatic heterocycles. The highest BCUT2D eigenvalue weighted by atomic mass is 79.9. The summed E-state index contributed by atoms with van der Waals surface area (Å²) in [5, 5.41) is 14.6. The number of aliphatic carboxylic acids is 1. The number of carboxylic acids is 1. The Kier molecular flexibility index (Phi) is 13.3. The number of morpholine rings is 1. The number of carbonyl (C=O) groups is 3. The minimum Gasteiger partial charge on any atom is -0.478 e. The van der Waals surface area contributed by atoms with Crippen molar-refractivity contribution >= 4 is 40.8 Å². The third-order valence-corrected chi connectivity index (χ3v) is 4.96. The average Bonchev–Trinajstić information content (AvgIpc) is 2.80. The van der Waals surface area contributed by atoms with E-state index in [1.54, 1.807) is 4.90 Å². The Morgan fingerprint density at radius 2 is 1.82 bits per heavy atom. The van der Waals surface area contributed by atoms with Gasteiger partial charge in [-0.3, -0.25) is 9.79 Å². The summed E-state index contributed by atoms with van der Waals surface area (Å²) < 4.78 is 5.28. The first-order valence-electron chi connectivity index (χ1n) is 10.8. The van der Waals surface area contributed by atoms with Crippen LogP contribution < -0.4 is 22.1 Å². The molecule has 1 aliphatic heterocycles. The van der Waals surface area contributed by atoms with Crippen LogP contribution in [0.4, 0.5) is 4.79 Å². The van der Waals surface area contributed by atoms with Gasteiger partial charge in [0.1, 0.15) is 6.04 Å². The molecule has 0 radical (unpaired) electrons. The van der Waals surface area contributed by atoms with Crippen LogP contribution in [0.1, 0.15) is 18.4 Å². The largest absolute Gasteiger partial charge is 0.478 e. The molecule has 7 N–H and O–H groups in total. The minimum atomic E-state index is -1.13. The quantitative estimate of drug-likeness (QED) is 0.117. The zero-order valence-electron chi connectivity index (χ0n) is 18.9. The highest BCUT2D eigenvalue weighted by Gasteiger charge is 2.26. The molecule has 2 rings (SSSR count). The maximum absolute atomic E-state index is 13.1. The van der Waals surface area contributed by atoms with Crippen molar-refractivity contribution in [1.29, 1.82) is 0 Å². The number of halogens is 1. The van der Waals surface area contributed by atoms with Gasteiger partial charge in [-0.05, 0) is 18.4 Å². The van der Waals surface area contributed by atoms with E-state index in [1.807, 2.05) is 30.3 Å². The van der Waals surface area contributed by atoms with Crippen LogP contribution in [-0.2, 0) is 20.7 Å². The first-order chi connectivity index (χ1) is 15.8. The number of nitrogens with zero attached hydrogens (tertiary/aromatic N) is 2. The Morgan fingerprint density at radius 1 is 1.15 bits per heavy atom. The van der Waals surface area contributed by atoms with Gasteiger partial charge in [-0.15, -0.1) is 17.0 Å². The summed E-state index contributed by atoms with van der Waals surface area (Å²) in [6.07, 6.45) is 3.60. The standard InChI is InChI=1S/C22H32N6O5.BrH/c23-21(24)25-10-4-7-17(8-9-19(29)30)26-20(31)18(15-16-5-2-1-3-6-16)27-22(32)28-11-13-33-14-12-28;/h1-3,5-6,8-9,17-18H,4,7,10-15H2,(H,26,31)(H,27,32)(H,29,30)(H4,23,24,25);1H/t17?,18-;/m0./s1. The molecular formula is C22H33BrN6O5. The smallest absolute Gasteiger partial charge is 0.328 e. The van der Waals surface area contributed by atoms with Crippen molar-refractivity contribution in [1.82, 2.24) is 15.5 Å². The van der Waals surface area contributed by atoms with Gasteiger partial charge in [0.25, 0.3) is 0 Å². The van der Waals surface area contributed by atoms with Crippen molar-refractivity contribution < 1.29 is 24.2 Å². The molecule has 12 heteroatoms. The molecule has 0 aliphatic carbocycles. The fourth-order valence-electron chi connectivity index (χ4n) is 3.28. The van der Waals surface area contributed by atoms with Crippen LogP contribution in [0.15, 0.2) is 47.5 Å². The maximum atomic E-state index is 13.1. The molecule has 11 nitrogen and oxygen atoms in total. The SMILES string of the molecule is Br.NC(N)=NCCCC(C=CC(=O)O)NC(=O)[C@H](Cc1ccccc1)NC(=O)N1CCOCC1. The summed E-state index contributed by atoms with van der Waals surface area (Å²) in [6, 6.07) is 7.57. The van der Waals surface area contributed by atoms with E-state index in [0.717, 1.165) is 11.6 Å². The minimum absolute atomic E-state index is 0. The Hall–Kier alpha value is -3.12. The molecule has 0 bridgehead atoms. The van der Waals surface area contributed by atoms with E-state index in [4.69, 9.17) is 21.3 Å². The van der Waals surface area contributed by atoms with Crippen LogP contribution in [0.3, 0.4) is 0 Å². The Balaban J connectivity index is 0.00000578. The molecule has 1 aromatic rings. The number of guanidine groups is 1. The first kappa shape index (κ1) is 28.9. The number of carbonyl (C=O) groups excluding carboxylic acids is 2. The Bertz CT molecular complexity index is 841. The maximum Gasteiger partial charge on any atom is 0.328 e. The lowest BCUT2D eigenvalue weighted by molar-refractivity contribution is -0.131. The fraction of sp³-hybridized carbons (Fsp3) is 0.455. The lowest BCUT2D eigenvalue weighted by atomic mass is 10.0. The topological polar surface area (TPSA) is 172 Å². The van der Waals surface area contributed by atoms with Crippen LogP contribution in [0.5, 0.6) is 0 Å². The number of ether oxygens (including phenoxy) is 1. The summed E-state index contributed by atoms with van der Waals surface area (Å²) in [6.45, 7) is 2.12. The van der Waals surface area contributed by atoms with E-state index in [9.17, 15) is 14.4 Å². The van der Waals surface area contributed by atoms with E-state index >= 15 is 0 Å². The van der Waals surface area contributed by atoms with Crippen molar-refractivity contribution in [2.45, 2.75) is 31.3 Å². The molecule has 1 aliphatic rings. The molecular weight excluding hydrogens is 508 g/mol. The van der Waals surface area contributed by atoms with Gasteiger partial charge >= 0.3 is 12.0 Å². The normalized spacial score (nSPS) is 15.0. The molecule has 1 heterocycles. The van der Waals surface area contributed by atoms with Gasteiger partial charge in [0.15, 0.2) is 5.96 Å². The van der Waals surface area contributed by atoms with Gasteiger partial charge in [-0.2, -0.15) is 0 Å². The first-order valence-corrected chi connectivity index (χ1v) is 10.8. The number of rotatable bonds is 11. The molecule has 34 heavy (non-hydrogen) atoms. The number of amides is 3. The summed E-state index contributed by atoms with van der Waals surface area (Å²) >= 11 is 0. The number of benzene rings is 1. The van der Waals surface area contributed by atoms with Crippen molar-refractivity contribution in [3.63, 3.8) is 0 Å². The van der Waals surface area contributed by atoms with Gasteiger partial charge < -0.3 is 36.8 Å². The van der Waals surface area contributed by atoms with Gasteiger partial charge in [0.05, 0.1) is 13.2 Å². The Morgan fingerprint density at radius 3 is 2.44 bits per heavy atom. The summed E-state index contributed by atoms with van der Waals surface area (Å²) in [7, 11) is 0. The van der Waals surface area contributed by atoms with Crippen molar-refractivity contribution in [3.05, 3.63) is 48.0 Å². The highest BCUT2D eigenvalue weighted by molar-refractivity contribution is 8.93. The molecule has 0 saturated carbocycles. The van der Waals surface area contributed by atoms with E-state index in [0.29, 0.717) is 45.7 Å². The molecule has 1 saturated heterocycles. The average molecular weight is 541 g/mol. The van der Waals surface area contributed by atoms with E-state index in [2.05, 4.69) is 15.6 Å². The van der Waals surface area contributed by atoms with Gasteiger partial charge in [-0.25, -0.2) is 9.59 Å². The van der Waals surface area contributed by atoms with Crippen molar-refractivity contribution in [2.75, 3.05) is 32.8 Å². The number of urea groups is 1. The molecule has 3 amide bonds. The predicted octanol–water partition coefficient (Wildman–Crippen LogP) is 0.397. The predicted molar refractivity (Wildman–Crippen MR) is 134 cm³/mol. The third-order valence-electron chi connectivity index (χ3n) is 4.96. The molecule has 0 spiro atoms. The van der Waals surface area contributed by atoms with E-state index in [1.165, 1.54) is 6.08 Å². The highest BCUT2D eigenvalue weighted by Crippen LogP contribution is 2.07. The number of nitrogens with two attached hydrogens (primary N) is 2. The number of hydrogen-bond acceptors (Lipinski definition) is 5. The van der Waals surface area contributed by atoms with E-state index < -0.39 is 24.0 Å². The Labute approximate surface area is 209 Å². The van der Waals surface area contributed by atoms with Crippen molar-refractivity contribution in [3.8, 4) is 0 Å². The van der Waals surface area contributed by atoms with E-state index in [-0.39, 0.29) is 35.4 Å². The molecule has 2 atom stereocenters. The molecule has 1 unspecified atom stereocenters. The summed E-state index contributed by atoms with van der Waals surface area (Å²) in [4.78, 5) is 42.4. The van der Waals surface area contributed by atoms with Crippen LogP contribution in [0.25, 0.3) is 0 Å². The monoisotopic (exact) mass is 540 g/mol. The zero-order chi connectivity index (χ0) is 24.1. The summed E-state index contributed by atoms with van der Waals surface area (Å²) in [5.41, 5.74) is 11.5. The van der Waals surface area contributed by atoms with Crippen LogP contribution in [0, 0.1) is 0 Å². The lowest BCUT2D eigenvalue weighted by Crippen LogP contribution is -2.55. The van der Waals surface area contributed by atoms with Crippen LogP contribution >= 0.6 is 17.0 Å². The van der Waals surface area contributed by atoms with Gasteiger partial charge in [-0.1, -0.05) is 36.4 Å². The number of hydrogen-bond donors (Lipinski definition) is 5. The summed E-state index contributed by atoms with van der Waals surface area (Å²) in [5.74, 6) is -1.58. The fourth-order valence-corrected chi connectivity index (χ4v) is 3.28. The third kappa shape index (κ3) is 11.1. The van der Waals surface area contributed by atoms with Gasteiger partial charge in [0.2, 0.25) is 5.91 Å². The number of carboxylic acid groups (broad SMARTS) is 1. The van der Waals surface area contributed by atoms with Crippen LogP contribution in [-0.4, -0.2) is 78.8 Å². The zero-order valence-corrected chi connectivity index (χ0v) is 20.6. The second kappa shape index (κ2) is 15.7. The lowest BCUT2D eigenvalue weighted by Gasteiger charge is -2.29. The number of nitrogens with one attached hydrogen (secondary N) is 2.